The summed E-state index contributed by atoms with van der Waals surface area (Å²) in [5.41, 5.74) is 0.175. The van der Waals surface area contributed by atoms with Crippen LogP contribution in [0.15, 0.2) is 36.4 Å². The number of hydrogen-bond acceptors (Lipinski definition) is 1. The number of hydrogen-bond donors (Lipinski definition) is 0. The molecule has 0 N–H and O–H groups in total. The summed E-state index contributed by atoms with van der Waals surface area (Å²) >= 11 is 6.05. The summed E-state index contributed by atoms with van der Waals surface area (Å²) < 4.78 is 42.9. The maximum absolute atomic E-state index is 14.2. The highest BCUT2D eigenvalue weighted by Gasteiger charge is 2.22. The van der Waals surface area contributed by atoms with E-state index in [1.807, 2.05) is 0 Å². The molecular formula is C15H10ClF3N2. The minimum atomic E-state index is -1.08. The van der Waals surface area contributed by atoms with Crippen LogP contribution in [0.25, 0.3) is 16.7 Å². The van der Waals surface area contributed by atoms with E-state index in [0.717, 1.165) is 6.07 Å². The molecule has 1 unspecified atom stereocenters. The largest absolute Gasteiger partial charge is 0.289 e. The minimum absolute atomic E-state index is 0.0759. The van der Waals surface area contributed by atoms with Crippen molar-refractivity contribution in [2.24, 2.45) is 0 Å². The highest BCUT2D eigenvalue weighted by molar-refractivity contribution is 6.20. The van der Waals surface area contributed by atoms with Crippen molar-refractivity contribution in [1.29, 1.82) is 0 Å². The summed E-state index contributed by atoms with van der Waals surface area (Å²) in [5.74, 6) is -2.42. The maximum Gasteiger partial charge on any atom is 0.185 e. The number of fused-ring (bicyclic) bond motifs is 1. The van der Waals surface area contributed by atoms with Crippen LogP contribution in [0.4, 0.5) is 13.2 Å². The zero-order chi connectivity index (χ0) is 15.1. The van der Waals surface area contributed by atoms with E-state index in [2.05, 4.69) is 4.98 Å². The van der Waals surface area contributed by atoms with Gasteiger partial charge in [0.15, 0.2) is 11.6 Å². The van der Waals surface area contributed by atoms with Gasteiger partial charge in [-0.2, -0.15) is 0 Å². The molecule has 3 rings (SSSR count). The fourth-order valence-electron chi connectivity index (χ4n) is 2.26. The van der Waals surface area contributed by atoms with Crippen LogP contribution in [0.2, 0.25) is 0 Å². The van der Waals surface area contributed by atoms with Gasteiger partial charge in [-0.3, -0.25) is 4.57 Å². The van der Waals surface area contributed by atoms with Crippen LogP contribution in [0, 0.1) is 17.5 Å². The molecule has 0 saturated carbocycles. The lowest BCUT2D eigenvalue weighted by Gasteiger charge is -2.11. The molecule has 0 radical (unpaired) electrons. The van der Waals surface area contributed by atoms with Crippen LogP contribution in [0.3, 0.4) is 0 Å². The second kappa shape index (κ2) is 5.07. The lowest BCUT2D eigenvalue weighted by atomic mass is 10.2. The van der Waals surface area contributed by atoms with E-state index >= 15 is 0 Å². The van der Waals surface area contributed by atoms with Gasteiger partial charge in [-0.05, 0) is 31.2 Å². The van der Waals surface area contributed by atoms with E-state index in [9.17, 15) is 13.2 Å². The number of halogens is 4. The molecule has 0 aliphatic carbocycles. The van der Waals surface area contributed by atoms with E-state index in [1.165, 1.54) is 28.8 Å². The average molecular weight is 311 g/mol. The number of aromatic nitrogens is 2. The van der Waals surface area contributed by atoms with Crippen LogP contribution in [-0.2, 0) is 0 Å². The van der Waals surface area contributed by atoms with Gasteiger partial charge in [0.2, 0.25) is 0 Å². The van der Waals surface area contributed by atoms with E-state index < -0.39 is 22.8 Å². The van der Waals surface area contributed by atoms with Crippen molar-refractivity contribution >= 4 is 22.6 Å². The Morgan fingerprint density at radius 3 is 2.43 bits per heavy atom. The summed E-state index contributed by atoms with van der Waals surface area (Å²) in [6.45, 7) is 1.63. The second-order valence-electron chi connectivity index (χ2n) is 4.60. The lowest BCUT2D eigenvalue weighted by Crippen LogP contribution is -2.05. The van der Waals surface area contributed by atoms with Gasteiger partial charge in [-0.1, -0.05) is 12.1 Å². The molecule has 108 valence electrons. The van der Waals surface area contributed by atoms with Crippen LogP contribution < -0.4 is 0 Å². The first-order chi connectivity index (χ1) is 10.0. The molecule has 2 nitrogen and oxygen atoms in total. The van der Waals surface area contributed by atoms with Gasteiger partial charge in [0.1, 0.15) is 17.2 Å². The number of alkyl halides is 1. The Hall–Kier alpha value is -2.01. The van der Waals surface area contributed by atoms with E-state index in [4.69, 9.17) is 11.6 Å². The standard InChI is InChI=1S/C15H10ClF3N2/c1-8(16)15-20-11-7-6-10(18)13(19)14(11)21(15)12-5-3-2-4-9(12)17/h2-8H,1H3. The molecule has 1 atom stereocenters. The van der Waals surface area contributed by atoms with Crippen molar-refractivity contribution in [3.05, 3.63) is 59.7 Å². The van der Waals surface area contributed by atoms with Gasteiger partial charge >= 0.3 is 0 Å². The molecule has 0 bridgehead atoms. The molecule has 3 aromatic rings. The Kier molecular flexibility index (Phi) is 3.37. The third-order valence-corrected chi connectivity index (χ3v) is 3.38. The van der Waals surface area contributed by atoms with Gasteiger partial charge in [-0.25, -0.2) is 18.2 Å². The molecule has 0 fully saturated rings. The predicted octanol–water partition coefficient (Wildman–Crippen LogP) is 4.74. The van der Waals surface area contributed by atoms with Crippen molar-refractivity contribution in [2.75, 3.05) is 0 Å². The van der Waals surface area contributed by atoms with Gasteiger partial charge in [0.05, 0.1) is 16.6 Å². The van der Waals surface area contributed by atoms with Gasteiger partial charge in [0.25, 0.3) is 0 Å². The van der Waals surface area contributed by atoms with Gasteiger partial charge in [0, 0.05) is 0 Å². The van der Waals surface area contributed by atoms with Crippen molar-refractivity contribution in [3.8, 4) is 5.69 Å². The first-order valence-electron chi connectivity index (χ1n) is 6.26. The monoisotopic (exact) mass is 310 g/mol. The van der Waals surface area contributed by atoms with Crippen molar-refractivity contribution in [1.82, 2.24) is 9.55 Å². The fraction of sp³-hybridized carbons (Fsp3) is 0.133. The SMILES string of the molecule is CC(Cl)c1nc2ccc(F)c(F)c2n1-c1ccccc1F. The van der Waals surface area contributed by atoms with Crippen LogP contribution in [0.5, 0.6) is 0 Å². The fourth-order valence-corrected chi connectivity index (χ4v) is 2.41. The molecule has 0 aliphatic heterocycles. The van der Waals surface area contributed by atoms with E-state index in [-0.39, 0.29) is 22.5 Å². The van der Waals surface area contributed by atoms with Crippen molar-refractivity contribution in [2.45, 2.75) is 12.3 Å². The van der Waals surface area contributed by atoms with Crippen molar-refractivity contribution < 1.29 is 13.2 Å². The normalized spacial score (nSPS) is 12.8. The van der Waals surface area contributed by atoms with E-state index in [1.54, 1.807) is 13.0 Å². The molecular weight excluding hydrogens is 301 g/mol. The van der Waals surface area contributed by atoms with Crippen LogP contribution >= 0.6 is 11.6 Å². The highest BCUT2D eigenvalue weighted by atomic mass is 35.5. The first-order valence-corrected chi connectivity index (χ1v) is 6.69. The zero-order valence-electron chi connectivity index (χ0n) is 10.9. The molecule has 0 amide bonds. The number of rotatable bonds is 2. The smallest absolute Gasteiger partial charge is 0.185 e. The number of nitrogens with zero attached hydrogens (tertiary/aromatic N) is 2. The minimum Gasteiger partial charge on any atom is -0.289 e. The third kappa shape index (κ3) is 2.17. The first kappa shape index (κ1) is 13.9. The maximum atomic E-state index is 14.2. The highest BCUT2D eigenvalue weighted by Crippen LogP contribution is 2.31. The molecule has 6 heteroatoms. The Morgan fingerprint density at radius 1 is 1.05 bits per heavy atom. The molecule has 0 aliphatic rings. The van der Waals surface area contributed by atoms with Crippen LogP contribution in [-0.4, -0.2) is 9.55 Å². The Bertz CT molecular complexity index is 827. The Labute approximate surface area is 123 Å². The molecule has 2 aromatic carbocycles. The quantitative estimate of drug-likeness (QED) is 0.625. The zero-order valence-corrected chi connectivity index (χ0v) is 11.7. The van der Waals surface area contributed by atoms with Gasteiger partial charge < -0.3 is 0 Å². The lowest BCUT2D eigenvalue weighted by molar-refractivity contribution is 0.513. The molecule has 1 aromatic heterocycles. The predicted molar refractivity (Wildman–Crippen MR) is 75.2 cm³/mol. The molecule has 0 saturated heterocycles. The number of imidazole rings is 1. The van der Waals surface area contributed by atoms with Gasteiger partial charge in [-0.15, -0.1) is 11.6 Å². The summed E-state index contributed by atoms with van der Waals surface area (Å²) in [5, 5.41) is -0.598. The summed E-state index contributed by atoms with van der Waals surface area (Å²) in [6.07, 6.45) is 0. The molecule has 1 heterocycles. The average Bonchev–Trinajstić information content (AvgIpc) is 2.84. The molecule has 21 heavy (non-hydrogen) atoms. The number of benzene rings is 2. The number of para-hydroxylation sites is 1. The Balaban J connectivity index is 2.47. The topological polar surface area (TPSA) is 17.8 Å². The van der Waals surface area contributed by atoms with Crippen LogP contribution in [0.1, 0.15) is 18.1 Å². The summed E-state index contributed by atoms with van der Waals surface area (Å²) in [4.78, 5) is 4.19. The summed E-state index contributed by atoms with van der Waals surface area (Å²) in [6, 6.07) is 8.14. The second-order valence-corrected chi connectivity index (χ2v) is 5.26. The Morgan fingerprint density at radius 2 is 1.76 bits per heavy atom. The van der Waals surface area contributed by atoms with E-state index in [0.29, 0.717) is 0 Å². The third-order valence-electron chi connectivity index (χ3n) is 3.18. The summed E-state index contributed by atoms with van der Waals surface area (Å²) in [7, 11) is 0. The molecule has 0 spiro atoms. The van der Waals surface area contributed by atoms with Crippen molar-refractivity contribution in [3.63, 3.8) is 0 Å².